The number of quaternary nitrogens is 1. The predicted molar refractivity (Wildman–Crippen MR) is 113 cm³/mol. The quantitative estimate of drug-likeness (QED) is 0.614. The lowest BCUT2D eigenvalue weighted by molar-refractivity contribution is -0.890. The Balaban J connectivity index is 2.16. The van der Waals surface area contributed by atoms with E-state index in [1.165, 1.54) is 4.90 Å². The molecule has 2 N–H and O–H groups in total. The lowest BCUT2D eigenvalue weighted by Gasteiger charge is -2.22. The summed E-state index contributed by atoms with van der Waals surface area (Å²) in [5.74, 6) is 1.76. The molecule has 0 aliphatic rings. The zero-order valence-electron chi connectivity index (χ0n) is 17.0. The van der Waals surface area contributed by atoms with Crippen LogP contribution < -0.4 is 24.4 Å². The molecule has 0 saturated heterocycles. The minimum Gasteiger partial charge on any atom is -0.497 e. The van der Waals surface area contributed by atoms with Crippen molar-refractivity contribution < 1.29 is 23.9 Å². The molecule has 2 aromatic carbocycles. The van der Waals surface area contributed by atoms with Gasteiger partial charge in [0.05, 0.1) is 45.9 Å². The van der Waals surface area contributed by atoms with Gasteiger partial charge in [-0.1, -0.05) is 0 Å². The molecule has 0 saturated carbocycles. The number of nitrogens with one attached hydrogen (secondary N) is 2. The molecule has 152 valence electrons. The summed E-state index contributed by atoms with van der Waals surface area (Å²) in [7, 11) is 7.35. The molecular weight excluding hydrogens is 424 g/mol. The van der Waals surface area contributed by atoms with Crippen molar-refractivity contribution in [1.82, 2.24) is 5.32 Å². The van der Waals surface area contributed by atoms with Crippen LogP contribution in [0.5, 0.6) is 17.2 Å². The highest BCUT2D eigenvalue weighted by Crippen LogP contribution is 2.36. The topological polar surface area (TPSA) is 61.2 Å². The number of amides is 1. The van der Waals surface area contributed by atoms with Crippen LogP contribution in [0.15, 0.2) is 40.9 Å². The van der Waals surface area contributed by atoms with Crippen LogP contribution in [0.3, 0.4) is 0 Å². The van der Waals surface area contributed by atoms with Gasteiger partial charge in [0.1, 0.15) is 11.8 Å². The smallest absolute Gasteiger partial charge is 0.251 e. The monoisotopic (exact) mass is 451 g/mol. The molecule has 1 amide bonds. The van der Waals surface area contributed by atoms with Crippen molar-refractivity contribution in [2.45, 2.75) is 13.0 Å². The number of ether oxygens (including phenoxy) is 3. The van der Waals surface area contributed by atoms with Crippen LogP contribution in [-0.2, 0) is 0 Å². The molecule has 7 heteroatoms. The summed E-state index contributed by atoms with van der Waals surface area (Å²) in [4.78, 5) is 14.0. The average Bonchev–Trinajstić information content (AvgIpc) is 2.68. The van der Waals surface area contributed by atoms with Crippen LogP contribution >= 0.6 is 15.9 Å². The highest BCUT2D eigenvalue weighted by molar-refractivity contribution is 9.10. The Labute approximate surface area is 174 Å². The van der Waals surface area contributed by atoms with Crippen LogP contribution in [0.25, 0.3) is 0 Å². The van der Waals surface area contributed by atoms with E-state index in [0.29, 0.717) is 34.7 Å². The highest BCUT2D eigenvalue weighted by Gasteiger charge is 2.21. The summed E-state index contributed by atoms with van der Waals surface area (Å²) in [6.45, 7) is 2.87. The third-order valence-corrected chi connectivity index (χ3v) is 5.05. The van der Waals surface area contributed by atoms with Gasteiger partial charge in [-0.15, -0.1) is 0 Å². The van der Waals surface area contributed by atoms with Gasteiger partial charge in [-0.3, -0.25) is 4.79 Å². The minimum absolute atomic E-state index is 0.114. The van der Waals surface area contributed by atoms with Crippen LogP contribution in [0, 0.1) is 0 Å². The predicted octanol–water partition coefficient (Wildman–Crippen LogP) is 2.48. The summed E-state index contributed by atoms with van der Waals surface area (Å²) in [5, 5.41) is 3.03. The van der Waals surface area contributed by atoms with E-state index < -0.39 is 0 Å². The first kappa shape index (κ1) is 22.0. The van der Waals surface area contributed by atoms with E-state index in [-0.39, 0.29) is 11.9 Å². The first-order valence-corrected chi connectivity index (χ1v) is 9.93. The SMILES string of the molecule is CCOc1cc(C(=O)NC[C@@H](c2ccc(OC)cc2)[NH+](C)C)cc(Br)c1OC. The molecule has 0 unspecified atom stereocenters. The number of hydrogen-bond donors (Lipinski definition) is 2. The Hall–Kier alpha value is -2.25. The molecule has 0 spiro atoms. The van der Waals surface area contributed by atoms with Gasteiger partial charge in [0.15, 0.2) is 11.5 Å². The van der Waals surface area contributed by atoms with Gasteiger partial charge in [0.25, 0.3) is 5.91 Å². The highest BCUT2D eigenvalue weighted by atomic mass is 79.9. The van der Waals surface area contributed by atoms with E-state index in [2.05, 4.69) is 35.3 Å². The van der Waals surface area contributed by atoms with Crippen LogP contribution in [-0.4, -0.2) is 47.4 Å². The Morgan fingerprint density at radius 3 is 2.36 bits per heavy atom. The zero-order valence-corrected chi connectivity index (χ0v) is 18.6. The van der Waals surface area contributed by atoms with Crippen molar-refractivity contribution in [2.75, 3.05) is 41.5 Å². The number of benzene rings is 2. The van der Waals surface area contributed by atoms with Crippen molar-refractivity contribution in [3.05, 3.63) is 52.0 Å². The van der Waals surface area contributed by atoms with Crippen molar-refractivity contribution in [3.8, 4) is 17.2 Å². The number of methoxy groups -OCH3 is 2. The fraction of sp³-hybridized carbons (Fsp3) is 0.381. The van der Waals surface area contributed by atoms with E-state index in [9.17, 15) is 4.79 Å². The number of rotatable bonds is 9. The van der Waals surface area contributed by atoms with Gasteiger partial charge in [0.2, 0.25) is 0 Å². The molecule has 0 aromatic heterocycles. The molecule has 0 fully saturated rings. The summed E-state index contributed by atoms with van der Waals surface area (Å²) in [6, 6.07) is 11.5. The number of hydrogen-bond acceptors (Lipinski definition) is 4. The molecule has 2 rings (SSSR count). The largest absolute Gasteiger partial charge is 0.497 e. The van der Waals surface area contributed by atoms with Crippen molar-refractivity contribution in [2.24, 2.45) is 0 Å². The molecule has 6 nitrogen and oxygen atoms in total. The molecule has 0 aliphatic carbocycles. The lowest BCUT2D eigenvalue weighted by atomic mass is 10.1. The van der Waals surface area contributed by atoms with Gasteiger partial charge in [-0.05, 0) is 59.3 Å². The zero-order chi connectivity index (χ0) is 20.7. The first-order chi connectivity index (χ1) is 13.4. The molecule has 0 heterocycles. The maximum atomic E-state index is 12.8. The normalized spacial score (nSPS) is 11.8. The summed E-state index contributed by atoms with van der Waals surface area (Å²) < 4.78 is 16.9. The fourth-order valence-electron chi connectivity index (χ4n) is 2.95. The molecule has 0 aliphatic heterocycles. The number of carbonyl (C=O) groups excluding carboxylic acids is 1. The standard InChI is InChI=1S/C21H27BrN2O4/c1-6-28-19-12-15(11-17(22)20(19)27-5)21(25)23-13-18(24(2)3)14-7-9-16(26-4)10-8-14/h7-12,18H,6,13H2,1-5H3,(H,23,25)/p+1/t18-/m0/s1. The van der Waals surface area contributed by atoms with Gasteiger partial charge < -0.3 is 24.4 Å². The van der Waals surface area contributed by atoms with Gasteiger partial charge >= 0.3 is 0 Å². The van der Waals surface area contributed by atoms with Crippen molar-refractivity contribution in [3.63, 3.8) is 0 Å². The van der Waals surface area contributed by atoms with Crippen LogP contribution in [0.1, 0.15) is 28.9 Å². The van der Waals surface area contributed by atoms with Gasteiger partial charge in [-0.25, -0.2) is 0 Å². The fourth-order valence-corrected chi connectivity index (χ4v) is 3.55. The van der Waals surface area contributed by atoms with Crippen LogP contribution in [0.4, 0.5) is 0 Å². The third-order valence-electron chi connectivity index (χ3n) is 4.46. The van der Waals surface area contributed by atoms with Gasteiger partial charge in [0, 0.05) is 11.1 Å². The molecular formula is C21H28BrN2O4+. The van der Waals surface area contributed by atoms with E-state index in [1.807, 2.05) is 31.2 Å². The molecule has 0 bridgehead atoms. The Morgan fingerprint density at radius 1 is 1.14 bits per heavy atom. The lowest BCUT2D eigenvalue weighted by Crippen LogP contribution is -3.07. The molecule has 2 aromatic rings. The number of likely N-dealkylation sites (N-methyl/N-ethyl adjacent to an activating group) is 1. The van der Waals surface area contributed by atoms with E-state index >= 15 is 0 Å². The summed E-state index contributed by atoms with van der Waals surface area (Å²) in [6.07, 6.45) is 0. The Bertz CT molecular complexity index is 794. The second kappa shape index (κ2) is 10.3. The van der Waals surface area contributed by atoms with E-state index in [0.717, 1.165) is 11.3 Å². The first-order valence-electron chi connectivity index (χ1n) is 9.13. The Kier molecular flexibility index (Phi) is 8.14. The maximum absolute atomic E-state index is 12.8. The summed E-state index contributed by atoms with van der Waals surface area (Å²) in [5.41, 5.74) is 1.64. The number of halogens is 1. The minimum atomic E-state index is -0.163. The molecule has 28 heavy (non-hydrogen) atoms. The Morgan fingerprint density at radius 2 is 1.82 bits per heavy atom. The number of carbonyl (C=O) groups is 1. The average molecular weight is 452 g/mol. The van der Waals surface area contributed by atoms with Gasteiger partial charge in [-0.2, -0.15) is 0 Å². The maximum Gasteiger partial charge on any atom is 0.251 e. The second-order valence-electron chi connectivity index (χ2n) is 6.54. The third kappa shape index (κ3) is 5.39. The van der Waals surface area contributed by atoms with E-state index in [4.69, 9.17) is 14.2 Å². The molecule has 1 atom stereocenters. The van der Waals surface area contributed by atoms with Crippen molar-refractivity contribution >= 4 is 21.8 Å². The molecule has 0 radical (unpaired) electrons. The van der Waals surface area contributed by atoms with Crippen molar-refractivity contribution in [1.29, 1.82) is 0 Å². The second-order valence-corrected chi connectivity index (χ2v) is 7.39. The van der Waals surface area contributed by atoms with E-state index in [1.54, 1.807) is 26.4 Å². The summed E-state index contributed by atoms with van der Waals surface area (Å²) >= 11 is 3.45. The van der Waals surface area contributed by atoms with Crippen LogP contribution in [0.2, 0.25) is 0 Å².